The van der Waals surface area contributed by atoms with Gasteiger partial charge in [-0.3, -0.25) is 9.59 Å². The molecule has 24 heavy (non-hydrogen) atoms. The summed E-state index contributed by atoms with van der Waals surface area (Å²) < 4.78 is 0. The van der Waals surface area contributed by atoms with Gasteiger partial charge in [0.05, 0.1) is 15.7 Å². The molecule has 7 heteroatoms. The van der Waals surface area contributed by atoms with Crippen LogP contribution in [0.15, 0.2) is 42.5 Å². The zero-order valence-corrected chi connectivity index (χ0v) is 15.1. The molecule has 2 aromatic rings. The Morgan fingerprint density at radius 3 is 2.12 bits per heavy atom. The number of hydrogen-bond donors (Lipinski definition) is 1. The summed E-state index contributed by atoms with van der Waals surface area (Å²) in [5, 5.41) is 3.99. The first kappa shape index (κ1) is 18.6. The third-order valence-corrected chi connectivity index (χ3v) is 4.15. The van der Waals surface area contributed by atoms with Crippen LogP contribution in [-0.2, 0) is 16.1 Å². The molecule has 0 bridgehead atoms. The molecule has 126 valence electrons. The fraction of sp³-hybridized carbons (Fsp3) is 0.176. The molecule has 2 aromatic carbocycles. The summed E-state index contributed by atoms with van der Waals surface area (Å²) in [6, 6.07) is 12.0. The molecule has 0 atom stereocenters. The normalized spacial score (nSPS) is 10.3. The number of rotatable bonds is 5. The fourth-order valence-corrected chi connectivity index (χ4v) is 2.82. The van der Waals surface area contributed by atoms with E-state index in [2.05, 4.69) is 5.32 Å². The van der Waals surface area contributed by atoms with Crippen molar-refractivity contribution in [3.63, 3.8) is 0 Å². The molecule has 4 nitrogen and oxygen atoms in total. The highest BCUT2D eigenvalue weighted by Gasteiger charge is 2.20. The maximum absolute atomic E-state index is 12.2. The minimum Gasteiger partial charge on any atom is -0.350 e. The SMILES string of the molecule is CC(=O)N(CC(=O)NCc1ccc(Cl)cc1)c1c(Cl)cccc1Cl. The number of nitrogens with one attached hydrogen (secondary N) is 1. The van der Waals surface area contributed by atoms with Crippen LogP contribution < -0.4 is 10.2 Å². The largest absolute Gasteiger partial charge is 0.350 e. The van der Waals surface area contributed by atoms with Gasteiger partial charge in [0.1, 0.15) is 6.54 Å². The minimum atomic E-state index is -0.327. The number of hydrogen-bond acceptors (Lipinski definition) is 2. The molecular formula is C17H15Cl3N2O2. The summed E-state index contributed by atoms with van der Waals surface area (Å²) in [6.45, 7) is 1.51. The van der Waals surface area contributed by atoms with Gasteiger partial charge < -0.3 is 10.2 Å². The summed E-state index contributed by atoms with van der Waals surface area (Å²) in [6.07, 6.45) is 0. The summed E-state index contributed by atoms with van der Waals surface area (Å²) in [5.41, 5.74) is 1.23. The van der Waals surface area contributed by atoms with Crippen molar-refractivity contribution in [2.45, 2.75) is 13.5 Å². The highest BCUT2D eigenvalue weighted by Crippen LogP contribution is 2.33. The van der Waals surface area contributed by atoms with Gasteiger partial charge in [0.25, 0.3) is 0 Å². The molecule has 0 saturated heterocycles. The van der Waals surface area contributed by atoms with Crippen molar-refractivity contribution in [1.29, 1.82) is 0 Å². The monoisotopic (exact) mass is 384 g/mol. The third-order valence-electron chi connectivity index (χ3n) is 3.29. The average Bonchev–Trinajstić information content (AvgIpc) is 2.53. The van der Waals surface area contributed by atoms with Crippen LogP contribution in [0.3, 0.4) is 0 Å². The zero-order chi connectivity index (χ0) is 17.7. The summed E-state index contributed by atoms with van der Waals surface area (Å²) in [7, 11) is 0. The first-order valence-electron chi connectivity index (χ1n) is 7.11. The van der Waals surface area contributed by atoms with E-state index >= 15 is 0 Å². The second-order valence-corrected chi connectivity index (χ2v) is 6.33. The molecule has 0 aromatic heterocycles. The standard InChI is InChI=1S/C17H15Cl3N2O2/c1-11(23)22(17-14(19)3-2-4-15(17)20)10-16(24)21-9-12-5-7-13(18)8-6-12/h2-8H,9-10H2,1H3,(H,21,24). The maximum Gasteiger partial charge on any atom is 0.240 e. The van der Waals surface area contributed by atoms with E-state index in [9.17, 15) is 9.59 Å². The first-order valence-corrected chi connectivity index (χ1v) is 8.25. The lowest BCUT2D eigenvalue weighted by atomic mass is 10.2. The molecule has 0 fully saturated rings. The van der Waals surface area contributed by atoms with Crippen LogP contribution in [0, 0.1) is 0 Å². The molecule has 0 aliphatic heterocycles. The van der Waals surface area contributed by atoms with E-state index in [0.717, 1.165) is 5.56 Å². The number of benzene rings is 2. The highest BCUT2D eigenvalue weighted by molar-refractivity contribution is 6.40. The Bertz CT molecular complexity index is 728. The predicted molar refractivity (Wildman–Crippen MR) is 97.8 cm³/mol. The summed E-state index contributed by atoms with van der Waals surface area (Å²) in [4.78, 5) is 25.3. The van der Waals surface area contributed by atoms with Crippen molar-refractivity contribution >= 4 is 52.3 Å². The van der Waals surface area contributed by atoms with Gasteiger partial charge in [-0.1, -0.05) is 53.0 Å². The van der Waals surface area contributed by atoms with Gasteiger partial charge in [0.2, 0.25) is 11.8 Å². The smallest absolute Gasteiger partial charge is 0.240 e. The third kappa shape index (κ3) is 4.87. The zero-order valence-electron chi connectivity index (χ0n) is 12.9. The summed E-state index contributed by atoms with van der Waals surface area (Å²) >= 11 is 18.1. The number of amides is 2. The number of halogens is 3. The maximum atomic E-state index is 12.2. The topological polar surface area (TPSA) is 49.4 Å². The van der Waals surface area contributed by atoms with Crippen molar-refractivity contribution in [3.05, 3.63) is 63.1 Å². The van der Waals surface area contributed by atoms with Crippen LogP contribution in [0.1, 0.15) is 12.5 Å². The quantitative estimate of drug-likeness (QED) is 0.833. The van der Waals surface area contributed by atoms with Gasteiger partial charge in [-0.05, 0) is 29.8 Å². The van der Waals surface area contributed by atoms with Crippen molar-refractivity contribution in [1.82, 2.24) is 5.32 Å². The Morgan fingerprint density at radius 1 is 1.00 bits per heavy atom. The Morgan fingerprint density at radius 2 is 1.58 bits per heavy atom. The molecule has 2 amide bonds. The van der Waals surface area contributed by atoms with Crippen LogP contribution in [-0.4, -0.2) is 18.4 Å². The Labute approximate surface area is 155 Å². The molecule has 0 heterocycles. The lowest BCUT2D eigenvalue weighted by Gasteiger charge is -2.23. The van der Waals surface area contributed by atoms with E-state index < -0.39 is 0 Å². The van der Waals surface area contributed by atoms with Gasteiger partial charge in [-0.15, -0.1) is 0 Å². The molecule has 0 aliphatic carbocycles. The Kier molecular flexibility index (Phi) is 6.49. The molecule has 0 saturated carbocycles. The molecule has 0 radical (unpaired) electrons. The van der Waals surface area contributed by atoms with Crippen LogP contribution in [0.4, 0.5) is 5.69 Å². The highest BCUT2D eigenvalue weighted by atomic mass is 35.5. The average molecular weight is 386 g/mol. The number of para-hydroxylation sites is 1. The van der Waals surface area contributed by atoms with Crippen LogP contribution in [0.5, 0.6) is 0 Å². The summed E-state index contributed by atoms with van der Waals surface area (Å²) in [5.74, 6) is -0.650. The van der Waals surface area contributed by atoms with Crippen molar-refractivity contribution in [2.24, 2.45) is 0 Å². The lowest BCUT2D eigenvalue weighted by Crippen LogP contribution is -2.39. The Hall–Kier alpha value is -1.75. The van der Waals surface area contributed by atoms with E-state index in [4.69, 9.17) is 34.8 Å². The fourth-order valence-electron chi connectivity index (χ4n) is 2.10. The van der Waals surface area contributed by atoms with Crippen molar-refractivity contribution in [3.8, 4) is 0 Å². The molecule has 1 N–H and O–H groups in total. The van der Waals surface area contributed by atoms with E-state index in [1.807, 2.05) is 12.1 Å². The van der Waals surface area contributed by atoms with Gasteiger partial charge in [-0.25, -0.2) is 0 Å². The van der Waals surface area contributed by atoms with E-state index in [1.165, 1.54) is 11.8 Å². The second-order valence-electron chi connectivity index (χ2n) is 5.08. The van der Waals surface area contributed by atoms with Crippen LogP contribution in [0.2, 0.25) is 15.1 Å². The Balaban J connectivity index is 2.06. The molecule has 0 spiro atoms. The van der Waals surface area contributed by atoms with Gasteiger partial charge in [-0.2, -0.15) is 0 Å². The number of carbonyl (C=O) groups excluding carboxylic acids is 2. The van der Waals surface area contributed by atoms with Gasteiger partial charge in [0, 0.05) is 18.5 Å². The van der Waals surface area contributed by atoms with Crippen LogP contribution >= 0.6 is 34.8 Å². The number of nitrogens with zero attached hydrogens (tertiary/aromatic N) is 1. The minimum absolute atomic E-state index is 0.174. The number of carbonyl (C=O) groups is 2. The molecule has 0 aliphatic rings. The van der Waals surface area contributed by atoms with E-state index in [1.54, 1.807) is 30.3 Å². The molecular weight excluding hydrogens is 371 g/mol. The van der Waals surface area contributed by atoms with Gasteiger partial charge in [0.15, 0.2) is 0 Å². The van der Waals surface area contributed by atoms with E-state index in [0.29, 0.717) is 27.3 Å². The molecule has 2 rings (SSSR count). The van der Waals surface area contributed by atoms with Crippen molar-refractivity contribution in [2.75, 3.05) is 11.4 Å². The first-order chi connectivity index (χ1) is 11.4. The van der Waals surface area contributed by atoms with Crippen LogP contribution in [0.25, 0.3) is 0 Å². The van der Waals surface area contributed by atoms with Crippen molar-refractivity contribution < 1.29 is 9.59 Å². The predicted octanol–water partition coefficient (Wildman–Crippen LogP) is 4.32. The number of anilines is 1. The van der Waals surface area contributed by atoms with E-state index in [-0.39, 0.29) is 18.4 Å². The van der Waals surface area contributed by atoms with Gasteiger partial charge >= 0.3 is 0 Å². The molecule has 0 unspecified atom stereocenters. The second kappa shape index (κ2) is 8.38. The lowest BCUT2D eigenvalue weighted by molar-refractivity contribution is -0.123.